The first-order chi connectivity index (χ1) is 6.27. The maximum atomic E-state index is 11.4. The van der Waals surface area contributed by atoms with Gasteiger partial charge < -0.3 is 10.6 Å². The zero-order valence-corrected chi connectivity index (χ0v) is 8.33. The number of carbonyl (C=O) groups is 1. The van der Waals surface area contributed by atoms with E-state index in [0.29, 0.717) is 25.4 Å². The van der Waals surface area contributed by atoms with Crippen LogP contribution in [0.3, 0.4) is 0 Å². The molecular weight excluding hydrogens is 188 g/mol. The maximum absolute atomic E-state index is 11.4. The van der Waals surface area contributed by atoms with Gasteiger partial charge in [0, 0.05) is 25.0 Å². The van der Waals surface area contributed by atoms with Crippen molar-refractivity contribution in [3.05, 3.63) is 11.6 Å². The Morgan fingerprint density at radius 2 is 2.46 bits per heavy atom. The first-order valence-electron chi connectivity index (χ1n) is 4.51. The predicted molar refractivity (Wildman–Crippen MR) is 53.4 cm³/mol. The summed E-state index contributed by atoms with van der Waals surface area (Å²) in [5, 5.41) is 0. The predicted octanol–water partition coefficient (Wildman–Crippen LogP) is 0.936. The van der Waals surface area contributed by atoms with Crippen LogP contribution in [0.25, 0.3) is 0 Å². The highest BCUT2D eigenvalue weighted by Gasteiger charge is 2.23. The summed E-state index contributed by atoms with van der Waals surface area (Å²) in [4.78, 5) is 13.2. The van der Waals surface area contributed by atoms with Crippen molar-refractivity contribution in [1.29, 1.82) is 0 Å². The van der Waals surface area contributed by atoms with Gasteiger partial charge in [-0.1, -0.05) is 17.7 Å². The minimum absolute atomic E-state index is 0.208. The van der Waals surface area contributed by atoms with Crippen LogP contribution in [-0.4, -0.2) is 30.4 Å². The van der Waals surface area contributed by atoms with Crippen molar-refractivity contribution in [2.45, 2.75) is 12.8 Å². The molecule has 0 saturated carbocycles. The molecule has 0 aromatic rings. The van der Waals surface area contributed by atoms with E-state index < -0.39 is 0 Å². The van der Waals surface area contributed by atoms with Gasteiger partial charge in [-0.2, -0.15) is 0 Å². The fourth-order valence-electron chi connectivity index (χ4n) is 1.53. The quantitative estimate of drug-likeness (QED) is 0.741. The number of nitrogens with zero attached hydrogens (tertiary/aromatic N) is 1. The van der Waals surface area contributed by atoms with Gasteiger partial charge in [-0.25, -0.2) is 0 Å². The van der Waals surface area contributed by atoms with E-state index >= 15 is 0 Å². The number of nitrogens with two attached hydrogens (primary N) is 1. The molecule has 74 valence electrons. The molecule has 1 amide bonds. The van der Waals surface area contributed by atoms with Crippen LogP contribution in [0.2, 0.25) is 0 Å². The second kappa shape index (κ2) is 5.25. The highest BCUT2D eigenvalue weighted by Crippen LogP contribution is 2.16. The largest absolute Gasteiger partial charge is 0.339 e. The fraction of sp³-hybridized carbons (Fsp3) is 0.667. The second-order valence-electron chi connectivity index (χ2n) is 3.30. The molecule has 1 aliphatic heterocycles. The molecule has 0 aromatic heterocycles. The molecule has 1 rings (SSSR count). The molecule has 1 aliphatic rings. The van der Waals surface area contributed by atoms with Crippen molar-refractivity contribution in [1.82, 2.24) is 4.90 Å². The summed E-state index contributed by atoms with van der Waals surface area (Å²) in [7, 11) is 0. The molecule has 1 atom stereocenters. The van der Waals surface area contributed by atoms with E-state index in [-0.39, 0.29) is 5.91 Å². The van der Waals surface area contributed by atoms with Gasteiger partial charge in [-0.3, -0.25) is 4.79 Å². The van der Waals surface area contributed by atoms with Crippen LogP contribution in [0.1, 0.15) is 12.8 Å². The van der Waals surface area contributed by atoms with E-state index in [9.17, 15) is 4.79 Å². The van der Waals surface area contributed by atoms with E-state index in [1.54, 1.807) is 11.0 Å². The lowest BCUT2D eigenvalue weighted by Crippen LogP contribution is -2.42. The van der Waals surface area contributed by atoms with Gasteiger partial charge >= 0.3 is 0 Å². The van der Waals surface area contributed by atoms with E-state index in [1.807, 2.05) is 0 Å². The number of rotatable bonds is 3. The molecule has 0 radical (unpaired) electrons. The van der Waals surface area contributed by atoms with Crippen molar-refractivity contribution in [2.75, 3.05) is 19.6 Å². The number of likely N-dealkylation sites (tertiary alicyclic amines) is 1. The summed E-state index contributed by atoms with van der Waals surface area (Å²) in [5.74, 6) is 0.667. The lowest BCUT2D eigenvalue weighted by molar-refractivity contribution is -0.134. The monoisotopic (exact) mass is 202 g/mol. The lowest BCUT2D eigenvalue weighted by Gasteiger charge is -2.31. The topological polar surface area (TPSA) is 46.3 Å². The Morgan fingerprint density at radius 1 is 1.69 bits per heavy atom. The van der Waals surface area contributed by atoms with Crippen LogP contribution in [0, 0.1) is 5.92 Å². The number of amides is 1. The van der Waals surface area contributed by atoms with Crippen molar-refractivity contribution >= 4 is 17.5 Å². The van der Waals surface area contributed by atoms with Crippen LogP contribution in [0.4, 0.5) is 0 Å². The number of halogens is 1. The molecule has 4 heteroatoms. The third kappa shape index (κ3) is 3.01. The number of piperidine rings is 1. The van der Waals surface area contributed by atoms with Crippen molar-refractivity contribution < 1.29 is 4.79 Å². The Hall–Kier alpha value is -0.540. The summed E-state index contributed by atoms with van der Waals surface area (Å²) in [6.45, 7) is 2.05. The highest BCUT2D eigenvalue weighted by molar-refractivity contribution is 6.25. The van der Waals surface area contributed by atoms with Crippen LogP contribution in [0.5, 0.6) is 0 Å². The normalized spacial score (nSPS) is 24.3. The Kier molecular flexibility index (Phi) is 4.25. The number of carbonyl (C=O) groups excluding carboxylic acids is 1. The van der Waals surface area contributed by atoms with Crippen LogP contribution in [0.15, 0.2) is 11.6 Å². The molecule has 0 aromatic carbocycles. The summed E-state index contributed by atoms with van der Waals surface area (Å²) in [6, 6.07) is 0. The fourth-order valence-corrected chi connectivity index (χ4v) is 1.61. The standard InChI is InChI=1S/C9H15ClN2O/c10-4-1-5-12-7-8(6-11)2-3-9(12)13/h1,4,8H,2-3,5-7,11H2/b4-1+. The Morgan fingerprint density at radius 3 is 3.08 bits per heavy atom. The van der Waals surface area contributed by atoms with Crippen LogP contribution >= 0.6 is 11.6 Å². The first-order valence-corrected chi connectivity index (χ1v) is 4.94. The number of hydrogen-bond donors (Lipinski definition) is 1. The van der Waals surface area contributed by atoms with Crippen molar-refractivity contribution in [3.8, 4) is 0 Å². The molecule has 0 bridgehead atoms. The third-order valence-corrected chi connectivity index (χ3v) is 2.52. The molecular formula is C9H15ClN2O. The Bertz CT molecular complexity index is 206. The van der Waals surface area contributed by atoms with Gasteiger partial charge in [0.15, 0.2) is 0 Å². The highest BCUT2D eigenvalue weighted by atomic mass is 35.5. The average Bonchev–Trinajstić information content (AvgIpc) is 2.17. The van der Waals surface area contributed by atoms with E-state index in [1.165, 1.54) is 5.54 Å². The molecule has 1 fully saturated rings. The van der Waals surface area contributed by atoms with E-state index in [4.69, 9.17) is 17.3 Å². The maximum Gasteiger partial charge on any atom is 0.222 e. The van der Waals surface area contributed by atoms with Crippen LogP contribution < -0.4 is 5.73 Å². The number of hydrogen-bond acceptors (Lipinski definition) is 2. The second-order valence-corrected chi connectivity index (χ2v) is 3.55. The van der Waals surface area contributed by atoms with Crippen molar-refractivity contribution in [2.24, 2.45) is 11.7 Å². The molecule has 1 unspecified atom stereocenters. The summed E-state index contributed by atoms with van der Waals surface area (Å²) < 4.78 is 0. The molecule has 0 aliphatic carbocycles. The molecule has 2 N–H and O–H groups in total. The minimum atomic E-state index is 0.208. The van der Waals surface area contributed by atoms with Crippen LogP contribution in [-0.2, 0) is 4.79 Å². The SMILES string of the molecule is NCC1CCC(=O)N(C/C=C/Cl)C1. The summed E-state index contributed by atoms with van der Waals surface area (Å²) >= 11 is 5.40. The molecule has 13 heavy (non-hydrogen) atoms. The smallest absolute Gasteiger partial charge is 0.222 e. The Labute approximate surface area is 83.5 Å². The third-order valence-electron chi connectivity index (χ3n) is 2.35. The van der Waals surface area contributed by atoms with Gasteiger partial charge in [-0.05, 0) is 18.9 Å². The van der Waals surface area contributed by atoms with E-state index in [0.717, 1.165) is 13.0 Å². The molecule has 1 saturated heterocycles. The zero-order valence-electron chi connectivity index (χ0n) is 7.58. The van der Waals surface area contributed by atoms with E-state index in [2.05, 4.69) is 0 Å². The minimum Gasteiger partial charge on any atom is -0.339 e. The first kappa shape index (κ1) is 10.5. The summed E-state index contributed by atoms with van der Waals surface area (Å²) in [5.41, 5.74) is 7.00. The summed E-state index contributed by atoms with van der Waals surface area (Å²) in [6.07, 6.45) is 3.33. The molecule has 3 nitrogen and oxygen atoms in total. The average molecular weight is 203 g/mol. The molecule has 1 heterocycles. The van der Waals surface area contributed by atoms with Crippen molar-refractivity contribution in [3.63, 3.8) is 0 Å². The van der Waals surface area contributed by atoms with Gasteiger partial charge in [0.05, 0.1) is 0 Å². The Balaban J connectivity index is 2.44. The van der Waals surface area contributed by atoms with Gasteiger partial charge in [0.25, 0.3) is 0 Å². The van der Waals surface area contributed by atoms with Gasteiger partial charge in [0.1, 0.15) is 0 Å². The van der Waals surface area contributed by atoms with Gasteiger partial charge in [0.2, 0.25) is 5.91 Å². The molecule has 0 spiro atoms. The van der Waals surface area contributed by atoms with Gasteiger partial charge in [-0.15, -0.1) is 0 Å². The zero-order chi connectivity index (χ0) is 9.68. The lowest BCUT2D eigenvalue weighted by atomic mass is 9.98.